The van der Waals surface area contributed by atoms with Gasteiger partial charge in [0.25, 0.3) is 0 Å². The van der Waals surface area contributed by atoms with Gasteiger partial charge in [-0.25, -0.2) is 27.8 Å². The molecule has 0 spiro atoms. The number of para-hydroxylation sites is 1. The number of ether oxygens (including phenoxy) is 1. The summed E-state index contributed by atoms with van der Waals surface area (Å²) >= 11 is 1.12. The van der Waals surface area contributed by atoms with Gasteiger partial charge in [-0.15, -0.1) is 0 Å². The molecule has 0 aliphatic heterocycles. The molecule has 0 fully saturated rings. The molecule has 1 heterocycles. The number of carboxylic acid groups (broad SMARTS) is 1. The second-order valence-corrected chi connectivity index (χ2v) is 7.61. The van der Waals surface area contributed by atoms with E-state index >= 15 is 0 Å². The normalized spacial score (nSPS) is 12.0. The molecule has 31 heavy (non-hydrogen) atoms. The van der Waals surface area contributed by atoms with Crippen LogP contribution in [-0.4, -0.2) is 16.2 Å². The number of aromatic nitrogens is 1. The summed E-state index contributed by atoms with van der Waals surface area (Å²) in [5.74, 6) is -3.09. The second kappa shape index (κ2) is 8.27. The smallest absolute Gasteiger partial charge is 0.418 e. The van der Waals surface area contributed by atoms with Crippen LogP contribution in [0.25, 0.3) is 10.2 Å². The van der Waals surface area contributed by atoms with Crippen molar-refractivity contribution in [2.24, 2.45) is 0 Å². The number of hydrogen-bond donors (Lipinski definition) is 1. The number of thiazole rings is 1. The molecule has 4 aromatic rings. The van der Waals surface area contributed by atoms with E-state index in [9.17, 15) is 23.1 Å². The van der Waals surface area contributed by atoms with Crippen LogP contribution in [0.15, 0.2) is 60.7 Å². The molecule has 0 saturated carbocycles. The Labute approximate surface area is 179 Å². The van der Waals surface area contributed by atoms with Crippen molar-refractivity contribution in [1.82, 2.24) is 4.98 Å². The fraction of sp³-hybridized carbons (Fsp3) is 0.0909. The number of carbonyl (C=O) groups is 1. The van der Waals surface area contributed by atoms with Gasteiger partial charge in [0.05, 0.1) is 21.5 Å². The van der Waals surface area contributed by atoms with Crippen LogP contribution in [0.3, 0.4) is 0 Å². The molecule has 1 amide bonds. The number of halogens is 3. The monoisotopic (exact) mass is 444 g/mol. The van der Waals surface area contributed by atoms with E-state index in [1.807, 2.05) is 0 Å². The van der Waals surface area contributed by atoms with E-state index in [-0.39, 0.29) is 10.9 Å². The van der Waals surface area contributed by atoms with Gasteiger partial charge in [-0.1, -0.05) is 29.5 Å². The van der Waals surface area contributed by atoms with Crippen LogP contribution in [0.5, 0.6) is 5.75 Å². The summed E-state index contributed by atoms with van der Waals surface area (Å²) in [4.78, 5) is 17.2. The molecule has 4 rings (SSSR count). The first-order valence-electron chi connectivity index (χ1n) is 9.14. The number of anilines is 2. The van der Waals surface area contributed by atoms with Crippen molar-refractivity contribution in [3.05, 3.63) is 83.7 Å². The Morgan fingerprint density at radius 2 is 1.77 bits per heavy atom. The van der Waals surface area contributed by atoms with Crippen LogP contribution in [0.2, 0.25) is 0 Å². The number of nitrogens with zero attached hydrogens (tertiary/aromatic N) is 2. The largest absolute Gasteiger partial charge is 0.486 e. The summed E-state index contributed by atoms with van der Waals surface area (Å²) in [5, 5.41) is 9.88. The Morgan fingerprint density at radius 1 is 1.06 bits per heavy atom. The van der Waals surface area contributed by atoms with Gasteiger partial charge < -0.3 is 9.84 Å². The van der Waals surface area contributed by atoms with Crippen LogP contribution >= 0.6 is 11.3 Å². The molecule has 0 radical (unpaired) electrons. The Balaban J connectivity index is 1.65. The zero-order chi connectivity index (χ0) is 22.1. The van der Waals surface area contributed by atoms with Gasteiger partial charge in [-0.05, 0) is 49.4 Å². The van der Waals surface area contributed by atoms with E-state index in [4.69, 9.17) is 4.74 Å². The van der Waals surface area contributed by atoms with Crippen LogP contribution < -0.4 is 9.64 Å². The molecule has 0 saturated heterocycles. The van der Waals surface area contributed by atoms with Gasteiger partial charge in [0.15, 0.2) is 11.6 Å². The minimum atomic E-state index is -1.30. The summed E-state index contributed by atoms with van der Waals surface area (Å²) in [6.45, 7) is 1.41. The highest BCUT2D eigenvalue weighted by Crippen LogP contribution is 2.36. The lowest BCUT2D eigenvalue weighted by molar-refractivity contribution is 0.204. The third-order valence-electron chi connectivity index (χ3n) is 4.54. The van der Waals surface area contributed by atoms with E-state index in [1.165, 1.54) is 6.92 Å². The first kappa shape index (κ1) is 20.7. The maximum Gasteiger partial charge on any atom is 0.418 e. The van der Waals surface area contributed by atoms with Gasteiger partial charge in [0.1, 0.15) is 17.7 Å². The van der Waals surface area contributed by atoms with Gasteiger partial charge in [0.2, 0.25) is 5.13 Å². The van der Waals surface area contributed by atoms with E-state index in [1.54, 1.807) is 48.5 Å². The molecule has 1 unspecified atom stereocenters. The Bertz CT molecular complexity index is 1260. The number of benzene rings is 3. The van der Waals surface area contributed by atoms with Crippen molar-refractivity contribution in [2.45, 2.75) is 13.0 Å². The van der Waals surface area contributed by atoms with E-state index < -0.39 is 35.2 Å². The highest BCUT2D eigenvalue weighted by atomic mass is 32.1. The Hall–Kier alpha value is -3.59. The predicted octanol–water partition coefficient (Wildman–Crippen LogP) is 6.67. The quantitative estimate of drug-likeness (QED) is 0.349. The van der Waals surface area contributed by atoms with Crippen molar-refractivity contribution in [3.63, 3.8) is 0 Å². The van der Waals surface area contributed by atoms with Crippen LogP contribution in [0.4, 0.5) is 28.8 Å². The molecule has 0 aliphatic rings. The molecule has 0 aliphatic carbocycles. The van der Waals surface area contributed by atoms with Gasteiger partial charge in [-0.2, -0.15) is 0 Å². The molecule has 3 aromatic carbocycles. The molecule has 0 bridgehead atoms. The summed E-state index contributed by atoms with van der Waals surface area (Å²) in [6.07, 6.45) is -2.28. The molecule has 158 valence electrons. The fourth-order valence-electron chi connectivity index (χ4n) is 3.12. The topological polar surface area (TPSA) is 62.7 Å². The summed E-state index contributed by atoms with van der Waals surface area (Å²) in [7, 11) is 0. The molecule has 9 heteroatoms. The standard InChI is InChI=1S/C22H15F3N2O3S/c1-12(19-15(23)8-9-16(24)20(19)25)30-14-7-10-17-18(11-14)31-21(26-17)27(22(28)29)13-5-3-2-4-6-13/h2-12H,1H3,(H,28,29). The van der Waals surface area contributed by atoms with Crippen molar-refractivity contribution >= 4 is 38.5 Å². The lowest BCUT2D eigenvalue weighted by Crippen LogP contribution is -2.23. The maximum atomic E-state index is 14.0. The van der Waals surface area contributed by atoms with Crippen LogP contribution in [0.1, 0.15) is 18.6 Å². The van der Waals surface area contributed by atoms with Crippen molar-refractivity contribution in [3.8, 4) is 5.75 Å². The third-order valence-corrected chi connectivity index (χ3v) is 5.55. The zero-order valence-corrected chi connectivity index (χ0v) is 16.9. The number of rotatable bonds is 5. The lowest BCUT2D eigenvalue weighted by Gasteiger charge is -2.16. The SMILES string of the molecule is CC(Oc1ccc2nc(N(C(=O)O)c3ccccc3)sc2c1)c1c(F)ccc(F)c1F. The predicted molar refractivity (Wildman–Crippen MR) is 112 cm³/mol. The lowest BCUT2D eigenvalue weighted by atomic mass is 10.1. The molecule has 5 nitrogen and oxygen atoms in total. The molecule has 1 aromatic heterocycles. The minimum absolute atomic E-state index is 0.237. The summed E-state index contributed by atoms with van der Waals surface area (Å²) in [6, 6.07) is 14.8. The fourth-order valence-corrected chi connectivity index (χ4v) is 4.13. The molecular weight excluding hydrogens is 429 g/mol. The average molecular weight is 444 g/mol. The van der Waals surface area contributed by atoms with E-state index in [0.717, 1.165) is 22.3 Å². The number of hydrogen-bond acceptors (Lipinski definition) is 4. The van der Waals surface area contributed by atoms with Crippen molar-refractivity contribution < 1.29 is 27.8 Å². The average Bonchev–Trinajstić information content (AvgIpc) is 3.14. The first-order chi connectivity index (χ1) is 14.8. The summed E-state index contributed by atoms with van der Waals surface area (Å²) in [5.41, 5.74) is 0.465. The van der Waals surface area contributed by atoms with Crippen molar-refractivity contribution in [2.75, 3.05) is 4.90 Å². The van der Waals surface area contributed by atoms with Crippen molar-refractivity contribution in [1.29, 1.82) is 0 Å². The molecule has 1 atom stereocenters. The van der Waals surface area contributed by atoms with Gasteiger partial charge in [0, 0.05) is 0 Å². The Kier molecular flexibility index (Phi) is 5.51. The first-order valence-corrected chi connectivity index (χ1v) is 9.95. The van der Waals surface area contributed by atoms with Crippen LogP contribution in [-0.2, 0) is 0 Å². The number of fused-ring (bicyclic) bond motifs is 1. The van der Waals surface area contributed by atoms with E-state index in [0.29, 0.717) is 22.0 Å². The minimum Gasteiger partial charge on any atom is -0.486 e. The second-order valence-electron chi connectivity index (χ2n) is 6.60. The van der Waals surface area contributed by atoms with Crippen LogP contribution in [0, 0.1) is 17.5 Å². The maximum absolute atomic E-state index is 14.0. The number of amides is 1. The zero-order valence-electron chi connectivity index (χ0n) is 16.1. The molecular formula is C22H15F3N2O3S. The third kappa shape index (κ3) is 4.04. The Morgan fingerprint density at radius 3 is 2.48 bits per heavy atom. The summed E-state index contributed by atoms with van der Waals surface area (Å²) < 4.78 is 47.8. The van der Waals surface area contributed by atoms with Gasteiger partial charge in [-0.3, -0.25) is 0 Å². The highest BCUT2D eigenvalue weighted by molar-refractivity contribution is 7.22. The highest BCUT2D eigenvalue weighted by Gasteiger charge is 2.23. The molecule has 1 N–H and O–H groups in total. The van der Waals surface area contributed by atoms with Gasteiger partial charge >= 0.3 is 6.09 Å². The van der Waals surface area contributed by atoms with E-state index in [2.05, 4.69) is 4.98 Å².